The number of phenolic OH excluding ortho intramolecular Hbond substituents is 1. The van der Waals surface area contributed by atoms with E-state index < -0.39 is 17.7 Å². The molecule has 0 aliphatic heterocycles. The van der Waals surface area contributed by atoms with E-state index in [4.69, 9.17) is 14.2 Å². The molecule has 1 unspecified atom stereocenters. The Bertz CT molecular complexity index is 736. The van der Waals surface area contributed by atoms with Gasteiger partial charge < -0.3 is 19.3 Å². The number of hydrogen-bond acceptors (Lipinski definition) is 6. The Labute approximate surface area is 139 Å². The number of ketones is 1. The van der Waals surface area contributed by atoms with Gasteiger partial charge >= 0.3 is 5.97 Å². The normalized spacial score (nSPS) is 11.5. The first kappa shape index (κ1) is 17.3. The lowest BCUT2D eigenvalue weighted by Gasteiger charge is -2.15. The number of hydrogen-bond donors (Lipinski definition) is 1. The maximum atomic E-state index is 12.8. The van der Waals surface area contributed by atoms with Crippen molar-refractivity contribution in [3.05, 3.63) is 53.6 Å². The molecule has 0 spiro atoms. The van der Waals surface area contributed by atoms with Crippen LogP contribution in [0.2, 0.25) is 0 Å². The fourth-order valence-electron chi connectivity index (χ4n) is 2.32. The largest absolute Gasteiger partial charge is 0.508 e. The molecule has 1 N–H and O–H groups in total. The van der Waals surface area contributed by atoms with Gasteiger partial charge in [0.25, 0.3) is 0 Å². The summed E-state index contributed by atoms with van der Waals surface area (Å²) < 4.78 is 14.9. The Hall–Kier alpha value is -3.02. The van der Waals surface area contributed by atoms with E-state index >= 15 is 0 Å². The third kappa shape index (κ3) is 3.65. The Morgan fingerprint density at radius 2 is 1.54 bits per heavy atom. The summed E-state index contributed by atoms with van der Waals surface area (Å²) in [7, 11) is 4.15. The van der Waals surface area contributed by atoms with Crippen molar-refractivity contribution in [3.8, 4) is 17.2 Å². The van der Waals surface area contributed by atoms with Gasteiger partial charge in [0.2, 0.25) is 0 Å². The lowest BCUT2D eigenvalue weighted by Crippen LogP contribution is -2.23. The molecule has 2 aromatic rings. The fourth-order valence-corrected chi connectivity index (χ4v) is 2.32. The molecular formula is C18H18O6. The first-order valence-corrected chi connectivity index (χ1v) is 7.14. The van der Waals surface area contributed by atoms with Crippen molar-refractivity contribution in [1.82, 2.24) is 0 Å². The number of aromatic hydroxyl groups is 1. The van der Waals surface area contributed by atoms with Crippen LogP contribution in [0.5, 0.6) is 17.2 Å². The first-order valence-electron chi connectivity index (χ1n) is 7.14. The maximum Gasteiger partial charge on any atom is 0.321 e. The average molecular weight is 330 g/mol. The standard InChI is InChI=1S/C18H18O6/c1-22-14-6-4-11(5-7-14)17(20)16(18(21)24-3)12-8-13(19)10-15(9-12)23-2/h4-10,16,19H,1-3H3. The molecule has 0 heterocycles. The number of rotatable bonds is 6. The van der Waals surface area contributed by atoms with Crippen molar-refractivity contribution in [2.45, 2.75) is 5.92 Å². The van der Waals surface area contributed by atoms with Crippen LogP contribution in [0.3, 0.4) is 0 Å². The van der Waals surface area contributed by atoms with Gasteiger partial charge in [0.05, 0.1) is 21.3 Å². The molecule has 0 aliphatic carbocycles. The zero-order chi connectivity index (χ0) is 17.7. The van der Waals surface area contributed by atoms with E-state index in [-0.39, 0.29) is 5.75 Å². The predicted molar refractivity (Wildman–Crippen MR) is 86.7 cm³/mol. The van der Waals surface area contributed by atoms with Gasteiger partial charge in [-0.25, -0.2) is 0 Å². The van der Waals surface area contributed by atoms with E-state index in [1.165, 1.54) is 39.5 Å². The quantitative estimate of drug-likeness (QED) is 0.498. The van der Waals surface area contributed by atoms with E-state index in [9.17, 15) is 14.7 Å². The Kier molecular flexibility index (Phi) is 5.42. The van der Waals surface area contributed by atoms with Crippen molar-refractivity contribution >= 4 is 11.8 Å². The SMILES string of the molecule is COC(=O)C(C(=O)c1ccc(OC)cc1)c1cc(O)cc(OC)c1. The summed E-state index contributed by atoms with van der Waals surface area (Å²) >= 11 is 0. The maximum absolute atomic E-state index is 12.8. The van der Waals surface area contributed by atoms with E-state index in [1.807, 2.05) is 0 Å². The van der Waals surface area contributed by atoms with Crippen LogP contribution in [-0.2, 0) is 9.53 Å². The van der Waals surface area contributed by atoms with Crippen LogP contribution in [0.1, 0.15) is 21.8 Å². The molecule has 0 bridgehead atoms. The number of ether oxygens (including phenoxy) is 3. The van der Waals surface area contributed by atoms with Crippen molar-refractivity contribution < 1.29 is 28.9 Å². The summed E-state index contributed by atoms with van der Waals surface area (Å²) in [6.07, 6.45) is 0. The second kappa shape index (κ2) is 7.50. The highest BCUT2D eigenvalue weighted by molar-refractivity contribution is 6.13. The van der Waals surface area contributed by atoms with Gasteiger partial charge in [-0.3, -0.25) is 9.59 Å². The van der Waals surface area contributed by atoms with Gasteiger partial charge in [-0.1, -0.05) is 0 Å². The lowest BCUT2D eigenvalue weighted by molar-refractivity contribution is -0.141. The molecule has 2 aromatic carbocycles. The lowest BCUT2D eigenvalue weighted by atomic mass is 9.90. The zero-order valence-electron chi connectivity index (χ0n) is 13.6. The molecule has 0 aromatic heterocycles. The van der Waals surface area contributed by atoms with Crippen LogP contribution >= 0.6 is 0 Å². The summed E-state index contributed by atoms with van der Waals surface area (Å²) in [6, 6.07) is 10.6. The molecule has 0 amide bonds. The zero-order valence-corrected chi connectivity index (χ0v) is 13.6. The summed E-state index contributed by atoms with van der Waals surface area (Å²) in [5.41, 5.74) is 0.619. The molecule has 0 fully saturated rings. The van der Waals surface area contributed by atoms with Crippen molar-refractivity contribution in [3.63, 3.8) is 0 Å². The number of phenols is 1. The summed E-state index contributed by atoms with van der Waals surface area (Å²) in [5, 5.41) is 9.79. The van der Waals surface area contributed by atoms with Gasteiger partial charge in [0.15, 0.2) is 5.78 Å². The third-order valence-corrected chi connectivity index (χ3v) is 3.56. The van der Waals surface area contributed by atoms with Crippen LogP contribution in [0.4, 0.5) is 0 Å². The molecule has 2 rings (SSSR count). The predicted octanol–water partition coefficient (Wildman–Crippen LogP) is 2.55. The van der Waals surface area contributed by atoms with Gasteiger partial charge in [-0.2, -0.15) is 0 Å². The molecule has 6 nitrogen and oxygen atoms in total. The van der Waals surface area contributed by atoms with Crippen LogP contribution in [0.25, 0.3) is 0 Å². The summed E-state index contributed by atoms with van der Waals surface area (Å²) in [6.45, 7) is 0. The number of benzene rings is 2. The molecule has 24 heavy (non-hydrogen) atoms. The third-order valence-electron chi connectivity index (χ3n) is 3.56. The molecular weight excluding hydrogens is 312 g/mol. The van der Waals surface area contributed by atoms with E-state index in [0.29, 0.717) is 22.6 Å². The highest BCUT2D eigenvalue weighted by Crippen LogP contribution is 2.30. The van der Waals surface area contributed by atoms with Gasteiger partial charge in [-0.15, -0.1) is 0 Å². The van der Waals surface area contributed by atoms with E-state index in [2.05, 4.69) is 0 Å². The fraction of sp³-hybridized carbons (Fsp3) is 0.222. The highest BCUT2D eigenvalue weighted by atomic mass is 16.5. The molecule has 126 valence electrons. The Morgan fingerprint density at radius 3 is 2.08 bits per heavy atom. The summed E-state index contributed by atoms with van der Waals surface area (Å²) in [5.74, 6) is -1.55. The van der Waals surface area contributed by atoms with Crippen LogP contribution in [0.15, 0.2) is 42.5 Å². The van der Waals surface area contributed by atoms with Crippen LogP contribution in [0, 0.1) is 0 Å². The molecule has 0 aliphatic rings. The number of carbonyl (C=O) groups is 2. The Balaban J connectivity index is 2.46. The first-order chi connectivity index (χ1) is 11.5. The van der Waals surface area contributed by atoms with E-state index in [0.717, 1.165) is 0 Å². The number of methoxy groups -OCH3 is 3. The van der Waals surface area contributed by atoms with Gasteiger partial charge in [0, 0.05) is 11.6 Å². The minimum absolute atomic E-state index is 0.110. The molecule has 1 atom stereocenters. The molecule has 0 saturated heterocycles. The molecule has 0 radical (unpaired) electrons. The van der Waals surface area contributed by atoms with Crippen molar-refractivity contribution in [2.24, 2.45) is 0 Å². The number of esters is 1. The van der Waals surface area contributed by atoms with Crippen molar-refractivity contribution in [2.75, 3.05) is 21.3 Å². The van der Waals surface area contributed by atoms with Gasteiger partial charge in [-0.05, 0) is 42.0 Å². The second-order valence-electron chi connectivity index (χ2n) is 5.01. The van der Waals surface area contributed by atoms with Crippen LogP contribution in [-0.4, -0.2) is 38.2 Å². The average Bonchev–Trinajstić information content (AvgIpc) is 2.61. The highest BCUT2D eigenvalue weighted by Gasteiger charge is 2.31. The topological polar surface area (TPSA) is 82.1 Å². The molecule has 0 saturated carbocycles. The van der Waals surface area contributed by atoms with E-state index in [1.54, 1.807) is 24.3 Å². The summed E-state index contributed by atoms with van der Waals surface area (Å²) in [4.78, 5) is 25.0. The number of Topliss-reactive ketones (excluding diaryl/α,β-unsaturated/α-hetero) is 1. The van der Waals surface area contributed by atoms with Crippen molar-refractivity contribution in [1.29, 1.82) is 0 Å². The van der Waals surface area contributed by atoms with Gasteiger partial charge in [0.1, 0.15) is 23.2 Å². The Morgan fingerprint density at radius 1 is 0.917 bits per heavy atom. The smallest absolute Gasteiger partial charge is 0.321 e. The minimum Gasteiger partial charge on any atom is -0.508 e. The monoisotopic (exact) mass is 330 g/mol. The number of carbonyl (C=O) groups excluding carboxylic acids is 2. The second-order valence-corrected chi connectivity index (χ2v) is 5.01. The minimum atomic E-state index is -1.20. The van der Waals surface area contributed by atoms with Crippen LogP contribution < -0.4 is 9.47 Å². The molecule has 6 heteroatoms.